The average molecular weight is 456 g/mol. The average Bonchev–Trinajstić information content (AvgIpc) is 3.43. The van der Waals surface area contributed by atoms with E-state index >= 15 is 0 Å². The molecule has 0 saturated carbocycles. The third-order valence-corrected chi connectivity index (χ3v) is 6.13. The molecule has 0 spiro atoms. The van der Waals surface area contributed by atoms with Gasteiger partial charge >= 0.3 is 0 Å². The zero-order valence-electron chi connectivity index (χ0n) is 16.5. The summed E-state index contributed by atoms with van der Waals surface area (Å²) >= 11 is 12.1. The molecule has 0 unspecified atom stereocenters. The van der Waals surface area contributed by atoms with E-state index in [2.05, 4.69) is 24.8 Å². The molecule has 0 atom stereocenters. The second-order valence-electron chi connectivity index (χ2n) is 7.51. The minimum Gasteiger partial charge on any atom is -0.337 e. The predicted octanol–water partition coefficient (Wildman–Crippen LogP) is 3.86. The van der Waals surface area contributed by atoms with Gasteiger partial charge in [0.05, 0.1) is 10.5 Å². The number of amides is 1. The summed E-state index contributed by atoms with van der Waals surface area (Å²) in [5, 5.41) is 9.06. The summed E-state index contributed by atoms with van der Waals surface area (Å²) in [6.45, 7) is 1.75. The summed E-state index contributed by atoms with van der Waals surface area (Å²) in [7, 11) is 0. The standard InChI is InChI=1S/C21H19Cl2N7O/c22-15-5-6-18(23)25-19(15)21(31)28-10-7-14(8-11-28)20-24-9-12-29(20)13-30-17-4-2-1-3-16(17)26-27-30/h1-6,9,12,14H,7-8,10-11,13H2. The lowest BCUT2D eigenvalue weighted by Gasteiger charge is -2.32. The first-order chi connectivity index (χ1) is 15.1. The van der Waals surface area contributed by atoms with E-state index in [1.165, 1.54) is 0 Å². The van der Waals surface area contributed by atoms with Crippen molar-refractivity contribution < 1.29 is 4.79 Å². The van der Waals surface area contributed by atoms with Gasteiger partial charge in [-0.1, -0.05) is 40.5 Å². The number of carbonyl (C=O) groups is 1. The molecule has 1 aromatic carbocycles. The smallest absolute Gasteiger partial charge is 0.274 e. The molecule has 8 nitrogen and oxygen atoms in total. The molecule has 0 radical (unpaired) electrons. The Balaban J connectivity index is 1.29. The van der Waals surface area contributed by atoms with Crippen LogP contribution in [0.2, 0.25) is 10.2 Å². The Morgan fingerprint density at radius 2 is 1.90 bits per heavy atom. The van der Waals surface area contributed by atoms with Crippen LogP contribution in [0, 0.1) is 0 Å². The van der Waals surface area contributed by atoms with Gasteiger partial charge in [0.25, 0.3) is 5.91 Å². The molecule has 1 fully saturated rings. The SMILES string of the molecule is O=C(c1nc(Cl)ccc1Cl)N1CCC(c2nccn2Cn2nnc3ccccc32)CC1. The lowest BCUT2D eigenvalue weighted by Crippen LogP contribution is -2.39. The number of aromatic nitrogens is 6. The Bertz CT molecular complexity index is 1240. The van der Waals surface area contributed by atoms with Gasteiger partial charge in [0, 0.05) is 31.4 Å². The molecule has 4 aromatic rings. The third-order valence-electron chi connectivity index (χ3n) is 5.62. The molecule has 1 aliphatic heterocycles. The van der Waals surface area contributed by atoms with Crippen LogP contribution in [0.25, 0.3) is 11.0 Å². The first-order valence-corrected chi connectivity index (χ1v) is 10.8. The molecule has 5 rings (SSSR count). The van der Waals surface area contributed by atoms with E-state index in [-0.39, 0.29) is 22.7 Å². The van der Waals surface area contributed by atoms with E-state index in [0.717, 1.165) is 29.7 Å². The Morgan fingerprint density at radius 1 is 1.10 bits per heavy atom. The van der Waals surface area contributed by atoms with Gasteiger partial charge in [-0.2, -0.15) is 0 Å². The van der Waals surface area contributed by atoms with Crippen molar-refractivity contribution >= 4 is 40.1 Å². The molecule has 10 heteroatoms. The van der Waals surface area contributed by atoms with Crippen LogP contribution in [0.4, 0.5) is 0 Å². The van der Waals surface area contributed by atoms with E-state index < -0.39 is 0 Å². The number of benzene rings is 1. The summed E-state index contributed by atoms with van der Waals surface area (Å²) in [4.78, 5) is 23.3. The number of hydrogen-bond acceptors (Lipinski definition) is 5. The van der Waals surface area contributed by atoms with Crippen LogP contribution in [0.1, 0.15) is 35.1 Å². The highest BCUT2D eigenvalue weighted by molar-refractivity contribution is 6.34. The Labute approximate surface area is 188 Å². The summed E-state index contributed by atoms with van der Waals surface area (Å²) in [5.41, 5.74) is 2.05. The van der Waals surface area contributed by atoms with Crippen LogP contribution in [0.15, 0.2) is 48.8 Å². The van der Waals surface area contributed by atoms with Crippen molar-refractivity contribution in [3.63, 3.8) is 0 Å². The van der Waals surface area contributed by atoms with Crippen molar-refractivity contribution in [2.75, 3.05) is 13.1 Å². The van der Waals surface area contributed by atoms with Crippen molar-refractivity contribution in [2.45, 2.75) is 25.4 Å². The molecule has 0 aliphatic carbocycles. The lowest BCUT2D eigenvalue weighted by atomic mass is 9.95. The lowest BCUT2D eigenvalue weighted by molar-refractivity contribution is 0.0704. The second kappa shape index (κ2) is 8.28. The maximum absolute atomic E-state index is 12.8. The summed E-state index contributed by atoms with van der Waals surface area (Å²) < 4.78 is 3.96. The first-order valence-electron chi connectivity index (χ1n) is 10.0. The highest BCUT2D eigenvalue weighted by atomic mass is 35.5. The van der Waals surface area contributed by atoms with Gasteiger partial charge < -0.3 is 9.47 Å². The van der Waals surface area contributed by atoms with Crippen molar-refractivity contribution in [2.24, 2.45) is 0 Å². The van der Waals surface area contributed by atoms with Crippen LogP contribution in [0.3, 0.4) is 0 Å². The van der Waals surface area contributed by atoms with Crippen molar-refractivity contribution in [3.05, 3.63) is 70.5 Å². The number of piperidine rings is 1. The zero-order chi connectivity index (χ0) is 21.4. The van der Waals surface area contributed by atoms with E-state index in [4.69, 9.17) is 23.2 Å². The van der Waals surface area contributed by atoms with E-state index in [0.29, 0.717) is 24.8 Å². The molecule has 31 heavy (non-hydrogen) atoms. The fourth-order valence-corrected chi connectivity index (χ4v) is 4.36. The van der Waals surface area contributed by atoms with E-state index in [1.54, 1.807) is 17.0 Å². The molecule has 1 aliphatic rings. The monoisotopic (exact) mass is 455 g/mol. The van der Waals surface area contributed by atoms with Gasteiger partial charge in [0.2, 0.25) is 0 Å². The Kier molecular flexibility index (Phi) is 5.33. The van der Waals surface area contributed by atoms with Crippen molar-refractivity contribution in [1.29, 1.82) is 0 Å². The molecular formula is C21H19Cl2N7O. The number of para-hydroxylation sites is 1. The number of imidazole rings is 1. The van der Waals surface area contributed by atoms with Gasteiger partial charge in [-0.05, 0) is 37.1 Å². The summed E-state index contributed by atoms with van der Waals surface area (Å²) in [6.07, 6.45) is 5.37. The Hall–Kier alpha value is -2.97. The fraction of sp³-hybridized carbons (Fsp3) is 0.286. The maximum Gasteiger partial charge on any atom is 0.274 e. The minimum absolute atomic E-state index is 0.191. The van der Waals surface area contributed by atoms with Crippen molar-refractivity contribution in [3.8, 4) is 0 Å². The molecule has 1 saturated heterocycles. The maximum atomic E-state index is 12.8. The topological polar surface area (TPSA) is 81.7 Å². The van der Waals surface area contributed by atoms with Gasteiger partial charge in [-0.3, -0.25) is 4.79 Å². The molecular weight excluding hydrogens is 437 g/mol. The number of pyridine rings is 1. The zero-order valence-corrected chi connectivity index (χ0v) is 18.0. The van der Waals surface area contributed by atoms with Gasteiger partial charge in [0.15, 0.2) is 0 Å². The molecule has 0 bridgehead atoms. The normalized spacial score (nSPS) is 15.0. The quantitative estimate of drug-likeness (QED) is 0.436. The van der Waals surface area contributed by atoms with E-state index in [9.17, 15) is 4.79 Å². The molecule has 4 heterocycles. The molecule has 158 valence electrons. The first kappa shape index (κ1) is 20.0. The van der Waals surface area contributed by atoms with Gasteiger partial charge in [0.1, 0.15) is 28.9 Å². The number of rotatable bonds is 4. The number of carbonyl (C=O) groups excluding carboxylic acids is 1. The molecule has 0 N–H and O–H groups in total. The van der Waals surface area contributed by atoms with Crippen LogP contribution < -0.4 is 0 Å². The van der Waals surface area contributed by atoms with Crippen LogP contribution in [-0.4, -0.2) is 53.4 Å². The highest BCUT2D eigenvalue weighted by Crippen LogP contribution is 2.29. The number of nitrogens with zero attached hydrogens (tertiary/aromatic N) is 7. The number of fused-ring (bicyclic) bond motifs is 1. The van der Waals surface area contributed by atoms with E-state index in [1.807, 2.05) is 41.3 Å². The number of hydrogen-bond donors (Lipinski definition) is 0. The molecule has 3 aromatic heterocycles. The third kappa shape index (κ3) is 3.88. The summed E-state index contributed by atoms with van der Waals surface area (Å²) in [5.74, 6) is 1.05. The summed E-state index contributed by atoms with van der Waals surface area (Å²) in [6, 6.07) is 11.1. The number of halogens is 2. The van der Waals surface area contributed by atoms with Crippen molar-refractivity contribution in [1.82, 2.24) is 34.4 Å². The molecule has 1 amide bonds. The van der Waals surface area contributed by atoms with Crippen LogP contribution >= 0.6 is 23.2 Å². The van der Waals surface area contributed by atoms with Crippen LogP contribution in [-0.2, 0) is 6.67 Å². The number of likely N-dealkylation sites (tertiary alicyclic amines) is 1. The van der Waals surface area contributed by atoms with Crippen LogP contribution in [0.5, 0.6) is 0 Å². The Morgan fingerprint density at radius 3 is 2.74 bits per heavy atom. The van der Waals surface area contributed by atoms with Gasteiger partial charge in [-0.25, -0.2) is 14.6 Å². The second-order valence-corrected chi connectivity index (χ2v) is 8.30. The fourth-order valence-electron chi connectivity index (χ4n) is 4.03. The minimum atomic E-state index is -0.191. The highest BCUT2D eigenvalue weighted by Gasteiger charge is 2.28. The van der Waals surface area contributed by atoms with Gasteiger partial charge in [-0.15, -0.1) is 5.10 Å². The largest absolute Gasteiger partial charge is 0.337 e. The predicted molar refractivity (Wildman–Crippen MR) is 117 cm³/mol.